The van der Waals surface area contributed by atoms with Gasteiger partial charge in [-0.3, -0.25) is 9.78 Å². The SMILES string of the molecule is CC(Sc1ccccn1)C(=O)N(C)Cc1nc(-c2ccccn2)no1. The van der Waals surface area contributed by atoms with E-state index in [1.165, 1.54) is 11.8 Å². The maximum atomic E-state index is 12.5. The molecule has 3 heterocycles. The molecule has 0 saturated carbocycles. The lowest BCUT2D eigenvalue weighted by molar-refractivity contribution is -0.129. The molecule has 1 amide bonds. The molecule has 0 radical (unpaired) electrons. The lowest BCUT2D eigenvalue weighted by Crippen LogP contribution is -2.32. The summed E-state index contributed by atoms with van der Waals surface area (Å²) in [4.78, 5) is 26.8. The topological polar surface area (TPSA) is 85.0 Å². The Bertz CT molecular complexity index is 825. The average molecular weight is 355 g/mol. The van der Waals surface area contributed by atoms with Gasteiger partial charge in [0.25, 0.3) is 0 Å². The summed E-state index contributed by atoms with van der Waals surface area (Å²) in [5.41, 5.74) is 0.630. The van der Waals surface area contributed by atoms with Crippen LogP contribution < -0.4 is 0 Å². The number of amides is 1. The maximum Gasteiger partial charge on any atom is 0.246 e. The summed E-state index contributed by atoms with van der Waals surface area (Å²) in [6.45, 7) is 2.09. The molecule has 0 saturated heterocycles. The lowest BCUT2D eigenvalue weighted by Gasteiger charge is -2.19. The minimum absolute atomic E-state index is 0.0340. The second kappa shape index (κ2) is 7.89. The molecule has 0 spiro atoms. The number of nitrogens with zero attached hydrogens (tertiary/aromatic N) is 5. The highest BCUT2D eigenvalue weighted by Gasteiger charge is 2.21. The van der Waals surface area contributed by atoms with Gasteiger partial charge < -0.3 is 9.42 Å². The zero-order valence-electron chi connectivity index (χ0n) is 13.9. The van der Waals surface area contributed by atoms with Crippen LogP contribution in [-0.2, 0) is 11.3 Å². The summed E-state index contributed by atoms with van der Waals surface area (Å²) in [6.07, 6.45) is 3.37. The second-order valence-corrected chi connectivity index (χ2v) is 6.71. The van der Waals surface area contributed by atoms with Crippen molar-refractivity contribution >= 4 is 17.7 Å². The fourth-order valence-electron chi connectivity index (χ4n) is 2.16. The largest absolute Gasteiger partial charge is 0.337 e. The Kier molecular flexibility index (Phi) is 5.39. The normalized spacial score (nSPS) is 11.9. The highest BCUT2D eigenvalue weighted by atomic mass is 32.2. The van der Waals surface area contributed by atoms with Crippen molar-refractivity contribution in [2.75, 3.05) is 7.05 Å². The molecule has 128 valence electrons. The first-order valence-corrected chi connectivity index (χ1v) is 8.58. The molecule has 0 aromatic carbocycles. The van der Waals surface area contributed by atoms with Gasteiger partial charge in [0.2, 0.25) is 17.6 Å². The third-order valence-corrected chi connectivity index (χ3v) is 4.43. The number of hydrogen-bond donors (Lipinski definition) is 0. The van der Waals surface area contributed by atoms with Gasteiger partial charge in [-0.1, -0.05) is 29.1 Å². The Hall–Kier alpha value is -2.74. The smallest absolute Gasteiger partial charge is 0.246 e. The zero-order chi connectivity index (χ0) is 17.6. The van der Waals surface area contributed by atoms with Crippen LogP contribution in [0, 0.1) is 0 Å². The lowest BCUT2D eigenvalue weighted by atomic mass is 10.3. The standard InChI is InChI=1S/C17H17N5O2S/c1-12(25-15-8-4-6-10-19-15)17(23)22(2)11-14-20-16(21-24-14)13-7-3-5-9-18-13/h3-10,12H,11H2,1-2H3. The van der Waals surface area contributed by atoms with Gasteiger partial charge in [0.05, 0.1) is 16.8 Å². The fourth-order valence-corrected chi connectivity index (χ4v) is 3.08. The Balaban J connectivity index is 1.61. The van der Waals surface area contributed by atoms with Crippen LogP contribution in [0.4, 0.5) is 0 Å². The molecule has 8 heteroatoms. The first-order valence-electron chi connectivity index (χ1n) is 7.70. The van der Waals surface area contributed by atoms with Gasteiger partial charge >= 0.3 is 0 Å². The zero-order valence-corrected chi connectivity index (χ0v) is 14.7. The molecular formula is C17H17N5O2S. The minimum atomic E-state index is -0.266. The fraction of sp³-hybridized carbons (Fsp3) is 0.235. The Labute approximate surface area is 149 Å². The number of thioether (sulfide) groups is 1. The van der Waals surface area contributed by atoms with Crippen molar-refractivity contribution in [1.82, 2.24) is 25.0 Å². The minimum Gasteiger partial charge on any atom is -0.337 e. The van der Waals surface area contributed by atoms with Crippen LogP contribution in [-0.4, -0.2) is 43.2 Å². The predicted octanol–water partition coefficient (Wildman–Crippen LogP) is 2.67. The van der Waals surface area contributed by atoms with E-state index >= 15 is 0 Å². The number of carbonyl (C=O) groups excluding carboxylic acids is 1. The third-order valence-electron chi connectivity index (χ3n) is 3.39. The van der Waals surface area contributed by atoms with Crippen LogP contribution in [0.3, 0.4) is 0 Å². The van der Waals surface area contributed by atoms with Crippen molar-refractivity contribution in [3.8, 4) is 11.5 Å². The molecule has 0 fully saturated rings. The summed E-state index contributed by atoms with van der Waals surface area (Å²) in [5, 5.41) is 4.46. The summed E-state index contributed by atoms with van der Waals surface area (Å²) < 4.78 is 5.22. The molecule has 0 bridgehead atoms. The van der Waals surface area contributed by atoms with E-state index in [1.807, 2.05) is 37.3 Å². The summed E-state index contributed by atoms with van der Waals surface area (Å²) >= 11 is 1.41. The molecule has 3 aromatic rings. The Morgan fingerprint density at radius 3 is 2.64 bits per heavy atom. The second-order valence-electron chi connectivity index (χ2n) is 5.35. The molecular weight excluding hydrogens is 338 g/mol. The van der Waals surface area contributed by atoms with E-state index in [-0.39, 0.29) is 17.7 Å². The highest BCUT2D eigenvalue weighted by molar-refractivity contribution is 8.00. The quantitative estimate of drug-likeness (QED) is 0.628. The highest BCUT2D eigenvalue weighted by Crippen LogP contribution is 2.22. The van der Waals surface area contributed by atoms with Crippen molar-refractivity contribution in [3.63, 3.8) is 0 Å². The van der Waals surface area contributed by atoms with Gasteiger partial charge in [-0.2, -0.15) is 4.98 Å². The number of pyridine rings is 2. The van der Waals surface area contributed by atoms with Crippen LogP contribution >= 0.6 is 11.8 Å². The van der Waals surface area contributed by atoms with Gasteiger partial charge in [0.1, 0.15) is 5.69 Å². The van der Waals surface area contributed by atoms with Gasteiger partial charge in [0.15, 0.2) is 0 Å². The monoisotopic (exact) mass is 355 g/mol. The molecule has 1 unspecified atom stereocenters. The van der Waals surface area contributed by atoms with Gasteiger partial charge in [0, 0.05) is 19.4 Å². The molecule has 0 aliphatic heterocycles. The van der Waals surface area contributed by atoms with E-state index in [2.05, 4.69) is 20.1 Å². The summed E-state index contributed by atoms with van der Waals surface area (Å²) in [7, 11) is 1.71. The van der Waals surface area contributed by atoms with E-state index in [9.17, 15) is 4.79 Å². The molecule has 1 atom stereocenters. The number of carbonyl (C=O) groups is 1. The molecule has 25 heavy (non-hydrogen) atoms. The molecule has 0 aliphatic rings. The van der Waals surface area contributed by atoms with Crippen molar-refractivity contribution in [1.29, 1.82) is 0 Å². The van der Waals surface area contributed by atoms with E-state index in [0.29, 0.717) is 17.4 Å². The first-order chi connectivity index (χ1) is 12.1. The first kappa shape index (κ1) is 17.1. The Morgan fingerprint density at radius 1 is 1.20 bits per heavy atom. The third kappa shape index (κ3) is 4.42. The van der Waals surface area contributed by atoms with E-state index in [1.54, 1.807) is 30.4 Å². The summed E-state index contributed by atoms with van der Waals surface area (Å²) in [5.74, 6) is 0.743. The van der Waals surface area contributed by atoms with Crippen LogP contribution in [0.15, 0.2) is 58.3 Å². The van der Waals surface area contributed by atoms with E-state index in [0.717, 1.165) is 5.03 Å². The predicted molar refractivity (Wildman–Crippen MR) is 93.6 cm³/mol. The van der Waals surface area contributed by atoms with Crippen LogP contribution in [0.2, 0.25) is 0 Å². The maximum absolute atomic E-state index is 12.5. The molecule has 0 N–H and O–H groups in total. The molecule has 7 nitrogen and oxygen atoms in total. The van der Waals surface area contributed by atoms with Gasteiger partial charge in [-0.15, -0.1) is 0 Å². The molecule has 3 aromatic heterocycles. The average Bonchev–Trinajstić information content (AvgIpc) is 3.11. The number of rotatable bonds is 6. The van der Waals surface area contributed by atoms with Crippen LogP contribution in [0.5, 0.6) is 0 Å². The van der Waals surface area contributed by atoms with Gasteiger partial charge in [-0.25, -0.2) is 4.98 Å². The van der Waals surface area contributed by atoms with Crippen molar-refractivity contribution in [2.45, 2.75) is 23.7 Å². The van der Waals surface area contributed by atoms with Crippen molar-refractivity contribution < 1.29 is 9.32 Å². The van der Waals surface area contributed by atoms with E-state index < -0.39 is 0 Å². The van der Waals surface area contributed by atoms with Gasteiger partial charge in [-0.05, 0) is 31.2 Å². The number of aromatic nitrogens is 4. The summed E-state index contributed by atoms with van der Waals surface area (Å²) in [6, 6.07) is 11.1. The number of hydrogen-bond acceptors (Lipinski definition) is 7. The Morgan fingerprint density at radius 2 is 1.96 bits per heavy atom. The van der Waals surface area contributed by atoms with Crippen molar-refractivity contribution in [2.24, 2.45) is 0 Å². The van der Waals surface area contributed by atoms with E-state index in [4.69, 9.17) is 4.52 Å². The molecule has 0 aliphatic carbocycles. The van der Waals surface area contributed by atoms with Crippen molar-refractivity contribution in [3.05, 3.63) is 54.7 Å². The molecule has 3 rings (SSSR count). The van der Waals surface area contributed by atoms with Crippen LogP contribution in [0.1, 0.15) is 12.8 Å². The van der Waals surface area contributed by atoms with Crippen LogP contribution in [0.25, 0.3) is 11.5 Å².